The molecule has 0 amide bonds. The topological polar surface area (TPSA) is 46.6 Å². The van der Waals surface area contributed by atoms with E-state index in [-0.39, 0.29) is 10.9 Å². The second kappa shape index (κ2) is 9.28. The van der Waals surface area contributed by atoms with E-state index in [0.29, 0.717) is 37.3 Å². The molecule has 0 aromatic heterocycles. The molecule has 0 heterocycles. The summed E-state index contributed by atoms with van der Waals surface area (Å²) in [4.78, 5) is 2.22. The van der Waals surface area contributed by atoms with Crippen molar-refractivity contribution in [3.8, 4) is 5.75 Å². The maximum atomic E-state index is 14.1. The maximum absolute atomic E-state index is 14.1. The molecule has 0 fully saturated rings. The summed E-state index contributed by atoms with van der Waals surface area (Å²) >= 11 is 0. The first-order valence-electron chi connectivity index (χ1n) is 8.80. The van der Waals surface area contributed by atoms with Gasteiger partial charge in [0.15, 0.2) is 9.84 Å². The molecule has 148 valence electrons. The Morgan fingerprint density at radius 1 is 1.15 bits per heavy atom. The first-order valence-corrected chi connectivity index (χ1v) is 10.7. The molecule has 1 atom stereocenters. The Hall–Kier alpha value is -1.99. The van der Waals surface area contributed by atoms with Gasteiger partial charge in [-0.3, -0.25) is 4.90 Å². The Balaban J connectivity index is 1.90. The van der Waals surface area contributed by atoms with Crippen molar-refractivity contribution >= 4 is 9.84 Å². The molecule has 0 aliphatic carbocycles. The summed E-state index contributed by atoms with van der Waals surface area (Å²) in [5.41, 5.74) is 0.475. The van der Waals surface area contributed by atoms with Crippen molar-refractivity contribution in [2.75, 3.05) is 26.5 Å². The van der Waals surface area contributed by atoms with Crippen molar-refractivity contribution in [1.82, 2.24) is 4.90 Å². The Labute approximate surface area is 159 Å². The highest BCUT2D eigenvalue weighted by Gasteiger charge is 2.19. The van der Waals surface area contributed by atoms with E-state index < -0.39 is 21.5 Å². The number of rotatable bonds is 9. The molecule has 4 nitrogen and oxygen atoms in total. The van der Waals surface area contributed by atoms with Crippen molar-refractivity contribution in [3.05, 3.63) is 59.7 Å². The molecule has 0 bridgehead atoms. The van der Waals surface area contributed by atoms with Gasteiger partial charge in [0.1, 0.15) is 17.4 Å². The SMILES string of the molecule is CCC(c1ccc(F)cc1F)N(C)CCCOc1cccc(S(C)(=O)=O)c1. The summed E-state index contributed by atoms with van der Waals surface area (Å²) in [6, 6.07) is 9.89. The molecular weight excluding hydrogens is 372 g/mol. The zero-order valence-corrected chi connectivity index (χ0v) is 16.6. The minimum Gasteiger partial charge on any atom is -0.494 e. The lowest BCUT2D eigenvalue weighted by atomic mass is 10.0. The average molecular weight is 397 g/mol. The zero-order valence-electron chi connectivity index (χ0n) is 15.8. The molecule has 2 rings (SSSR count). The second-order valence-corrected chi connectivity index (χ2v) is 8.54. The predicted octanol–water partition coefficient (Wildman–Crippen LogP) is 4.22. The lowest BCUT2D eigenvalue weighted by Crippen LogP contribution is -2.27. The minimum atomic E-state index is -3.27. The van der Waals surface area contributed by atoms with Crippen molar-refractivity contribution in [1.29, 1.82) is 0 Å². The smallest absolute Gasteiger partial charge is 0.175 e. The number of halogens is 2. The van der Waals surface area contributed by atoms with Crippen molar-refractivity contribution in [2.45, 2.75) is 30.7 Å². The Morgan fingerprint density at radius 3 is 2.52 bits per heavy atom. The van der Waals surface area contributed by atoms with Gasteiger partial charge in [-0.25, -0.2) is 17.2 Å². The molecule has 0 spiro atoms. The molecule has 0 radical (unpaired) electrons. The monoisotopic (exact) mass is 397 g/mol. The average Bonchev–Trinajstić information content (AvgIpc) is 2.60. The van der Waals surface area contributed by atoms with Crippen LogP contribution >= 0.6 is 0 Å². The van der Waals surface area contributed by atoms with Gasteiger partial charge >= 0.3 is 0 Å². The van der Waals surface area contributed by atoms with Gasteiger partial charge in [0, 0.05) is 30.5 Å². The van der Waals surface area contributed by atoms with Crippen molar-refractivity contribution in [3.63, 3.8) is 0 Å². The molecule has 2 aromatic carbocycles. The normalized spacial score (nSPS) is 13.0. The third-order valence-corrected chi connectivity index (χ3v) is 5.51. The van der Waals surface area contributed by atoms with E-state index in [1.807, 2.05) is 18.9 Å². The summed E-state index contributed by atoms with van der Waals surface area (Å²) in [5, 5.41) is 0. The van der Waals surface area contributed by atoms with E-state index in [2.05, 4.69) is 0 Å². The van der Waals surface area contributed by atoms with Crippen LogP contribution in [0.3, 0.4) is 0 Å². The first-order chi connectivity index (χ1) is 12.7. The predicted molar refractivity (Wildman–Crippen MR) is 102 cm³/mol. The fourth-order valence-electron chi connectivity index (χ4n) is 3.00. The number of ether oxygens (including phenoxy) is 1. The highest BCUT2D eigenvalue weighted by Crippen LogP contribution is 2.26. The van der Waals surface area contributed by atoms with E-state index in [9.17, 15) is 17.2 Å². The van der Waals surface area contributed by atoms with Crippen LogP contribution in [0.15, 0.2) is 47.4 Å². The Morgan fingerprint density at radius 2 is 1.89 bits per heavy atom. The Bertz CT molecular complexity index is 871. The molecule has 0 saturated heterocycles. The van der Waals surface area contributed by atoms with E-state index in [1.165, 1.54) is 24.3 Å². The van der Waals surface area contributed by atoms with Crippen molar-refractivity contribution < 1.29 is 21.9 Å². The number of sulfone groups is 1. The van der Waals surface area contributed by atoms with Crippen LogP contribution in [0.2, 0.25) is 0 Å². The molecule has 2 aromatic rings. The molecule has 27 heavy (non-hydrogen) atoms. The third kappa shape index (κ3) is 6.01. The highest BCUT2D eigenvalue weighted by atomic mass is 32.2. The fourth-order valence-corrected chi connectivity index (χ4v) is 3.65. The molecule has 1 unspecified atom stereocenters. The highest BCUT2D eigenvalue weighted by molar-refractivity contribution is 7.90. The van der Waals surface area contributed by atoms with Gasteiger partial charge in [-0.15, -0.1) is 0 Å². The van der Waals surface area contributed by atoms with Crippen LogP contribution in [0, 0.1) is 11.6 Å². The van der Waals surface area contributed by atoms with Crippen LogP contribution in [0.4, 0.5) is 8.78 Å². The quantitative estimate of drug-likeness (QED) is 0.595. The van der Waals surface area contributed by atoms with Crippen LogP contribution < -0.4 is 4.74 Å². The van der Waals surface area contributed by atoms with Crippen LogP contribution in [-0.2, 0) is 9.84 Å². The third-order valence-electron chi connectivity index (χ3n) is 4.40. The molecular formula is C20H25F2NO3S. The molecule has 0 aliphatic heterocycles. The van der Waals surface area contributed by atoms with Crippen LogP contribution in [0.1, 0.15) is 31.4 Å². The minimum absolute atomic E-state index is 0.154. The van der Waals surface area contributed by atoms with Gasteiger partial charge in [0.25, 0.3) is 0 Å². The van der Waals surface area contributed by atoms with E-state index in [1.54, 1.807) is 12.1 Å². The van der Waals surface area contributed by atoms with Gasteiger partial charge in [-0.05, 0) is 44.2 Å². The maximum Gasteiger partial charge on any atom is 0.175 e. The number of nitrogens with zero attached hydrogens (tertiary/aromatic N) is 1. The summed E-state index contributed by atoms with van der Waals surface area (Å²) in [6.07, 6.45) is 2.52. The van der Waals surface area contributed by atoms with Crippen LogP contribution in [0.25, 0.3) is 0 Å². The number of benzene rings is 2. The standard InChI is InChI=1S/C20H25F2NO3S/c1-4-20(18-10-9-15(21)13-19(18)22)23(2)11-6-12-26-16-7-5-8-17(14-16)27(3,24)25/h5,7-10,13-14,20H,4,6,11-12H2,1-3H3. The largest absolute Gasteiger partial charge is 0.494 e. The van der Waals surface area contributed by atoms with Crippen LogP contribution in [-0.4, -0.2) is 39.8 Å². The number of hydrogen-bond acceptors (Lipinski definition) is 4. The summed E-state index contributed by atoms with van der Waals surface area (Å²) in [5.74, 6) is -0.627. The van der Waals surface area contributed by atoms with Gasteiger partial charge in [-0.2, -0.15) is 0 Å². The summed E-state index contributed by atoms with van der Waals surface area (Å²) in [7, 11) is -1.38. The van der Waals surface area contributed by atoms with Gasteiger partial charge in [0.05, 0.1) is 11.5 Å². The van der Waals surface area contributed by atoms with Gasteiger partial charge in [-0.1, -0.05) is 19.1 Å². The second-order valence-electron chi connectivity index (χ2n) is 6.52. The van der Waals surface area contributed by atoms with E-state index in [0.717, 1.165) is 12.3 Å². The first kappa shape index (κ1) is 21.3. The van der Waals surface area contributed by atoms with E-state index in [4.69, 9.17) is 4.74 Å². The molecule has 0 N–H and O–H groups in total. The van der Waals surface area contributed by atoms with Crippen LogP contribution in [0.5, 0.6) is 5.75 Å². The Kier molecular flexibility index (Phi) is 7.33. The number of hydrogen-bond donors (Lipinski definition) is 0. The summed E-state index contributed by atoms with van der Waals surface area (Å²) in [6.45, 7) is 3.01. The van der Waals surface area contributed by atoms with Gasteiger partial charge in [0.2, 0.25) is 0 Å². The molecule has 7 heteroatoms. The summed E-state index contributed by atoms with van der Waals surface area (Å²) < 4.78 is 56.0. The zero-order chi connectivity index (χ0) is 20.0. The lowest BCUT2D eigenvalue weighted by Gasteiger charge is -2.28. The lowest BCUT2D eigenvalue weighted by molar-refractivity contribution is 0.207. The molecule has 0 aliphatic rings. The van der Waals surface area contributed by atoms with Gasteiger partial charge < -0.3 is 4.74 Å². The molecule has 0 saturated carbocycles. The van der Waals surface area contributed by atoms with Crippen molar-refractivity contribution in [2.24, 2.45) is 0 Å². The fraction of sp³-hybridized carbons (Fsp3) is 0.400. The van der Waals surface area contributed by atoms with E-state index >= 15 is 0 Å².